The van der Waals surface area contributed by atoms with Crippen LogP contribution in [0.2, 0.25) is 0 Å². The molecular formula is C19H19Br2NO3. The minimum Gasteiger partial charge on any atom is -0.483 e. The quantitative estimate of drug-likeness (QED) is 0.666. The van der Waals surface area contributed by atoms with Crippen LogP contribution < -0.4 is 14.8 Å². The molecular weight excluding hydrogens is 450 g/mol. The summed E-state index contributed by atoms with van der Waals surface area (Å²) in [7, 11) is 0. The summed E-state index contributed by atoms with van der Waals surface area (Å²) in [5.74, 6) is 1.10. The summed E-state index contributed by atoms with van der Waals surface area (Å²) in [5, 5.41) is 2.86. The normalized spacial score (nSPS) is 14.6. The Labute approximate surface area is 164 Å². The maximum absolute atomic E-state index is 12.3. The van der Waals surface area contributed by atoms with Gasteiger partial charge >= 0.3 is 0 Å². The number of fused-ring (bicyclic) bond motifs is 1. The van der Waals surface area contributed by atoms with E-state index >= 15 is 0 Å². The van der Waals surface area contributed by atoms with Crippen molar-refractivity contribution in [1.29, 1.82) is 0 Å². The van der Waals surface area contributed by atoms with Crippen LogP contribution in [0.5, 0.6) is 11.5 Å². The molecule has 25 heavy (non-hydrogen) atoms. The van der Waals surface area contributed by atoms with E-state index in [4.69, 9.17) is 9.47 Å². The van der Waals surface area contributed by atoms with E-state index in [1.165, 1.54) is 0 Å². The Morgan fingerprint density at radius 1 is 1.28 bits per heavy atom. The van der Waals surface area contributed by atoms with Gasteiger partial charge in [-0.1, -0.05) is 12.1 Å². The second-order valence-corrected chi connectivity index (χ2v) is 8.43. The zero-order valence-electron chi connectivity index (χ0n) is 14.3. The minimum atomic E-state index is -0.248. The third-order valence-corrected chi connectivity index (χ3v) is 5.12. The van der Waals surface area contributed by atoms with Gasteiger partial charge in [0.05, 0.1) is 5.69 Å². The molecule has 0 saturated carbocycles. The topological polar surface area (TPSA) is 47.6 Å². The predicted octanol–water partition coefficient (Wildman–Crippen LogP) is 5.25. The Hall–Kier alpha value is -1.53. The van der Waals surface area contributed by atoms with E-state index in [1.54, 1.807) is 0 Å². The highest BCUT2D eigenvalue weighted by molar-refractivity contribution is 9.11. The van der Waals surface area contributed by atoms with Crippen LogP contribution in [-0.4, -0.2) is 18.1 Å². The first-order valence-electron chi connectivity index (χ1n) is 7.94. The SMILES string of the molecule is Cc1cc(Br)c(NC(=O)COc2cccc3c2OC(C)(C)C3)c(Br)c1. The van der Waals surface area contributed by atoms with Gasteiger partial charge in [-0.25, -0.2) is 0 Å². The zero-order chi connectivity index (χ0) is 18.2. The van der Waals surface area contributed by atoms with Gasteiger partial charge in [0.1, 0.15) is 5.60 Å². The largest absolute Gasteiger partial charge is 0.483 e. The van der Waals surface area contributed by atoms with Gasteiger partial charge in [0.25, 0.3) is 5.91 Å². The van der Waals surface area contributed by atoms with Gasteiger partial charge in [0.2, 0.25) is 0 Å². The first-order chi connectivity index (χ1) is 11.7. The Kier molecular flexibility index (Phi) is 5.11. The van der Waals surface area contributed by atoms with Crippen LogP contribution >= 0.6 is 31.9 Å². The molecule has 1 N–H and O–H groups in total. The zero-order valence-corrected chi connectivity index (χ0v) is 17.5. The van der Waals surface area contributed by atoms with Crippen molar-refractivity contribution in [2.45, 2.75) is 32.8 Å². The molecule has 0 aliphatic carbocycles. The number of amides is 1. The monoisotopic (exact) mass is 467 g/mol. The van der Waals surface area contributed by atoms with E-state index in [1.807, 2.05) is 51.1 Å². The molecule has 0 spiro atoms. The van der Waals surface area contributed by atoms with Gasteiger partial charge < -0.3 is 14.8 Å². The number of aryl methyl sites for hydroxylation is 1. The number of para-hydroxylation sites is 1. The number of rotatable bonds is 4. The molecule has 0 aromatic heterocycles. The van der Waals surface area contributed by atoms with Gasteiger partial charge in [0.15, 0.2) is 18.1 Å². The number of halogens is 2. The lowest BCUT2D eigenvalue weighted by atomic mass is 10.0. The summed E-state index contributed by atoms with van der Waals surface area (Å²) in [5.41, 5.74) is 2.64. The summed E-state index contributed by atoms with van der Waals surface area (Å²) in [6.07, 6.45) is 0.828. The molecule has 1 heterocycles. The molecule has 2 aromatic rings. The van der Waals surface area contributed by atoms with E-state index in [2.05, 4.69) is 37.2 Å². The fourth-order valence-corrected chi connectivity index (χ4v) is 4.45. The fraction of sp³-hybridized carbons (Fsp3) is 0.316. The molecule has 0 fully saturated rings. The average Bonchev–Trinajstić information content (AvgIpc) is 2.83. The molecule has 3 rings (SSSR count). The van der Waals surface area contributed by atoms with Crippen molar-refractivity contribution in [2.75, 3.05) is 11.9 Å². The van der Waals surface area contributed by atoms with Crippen LogP contribution in [0.3, 0.4) is 0 Å². The summed E-state index contributed by atoms with van der Waals surface area (Å²) in [6, 6.07) is 9.66. The van der Waals surface area contributed by atoms with Crippen LogP contribution in [0, 0.1) is 6.92 Å². The van der Waals surface area contributed by atoms with E-state index in [-0.39, 0.29) is 18.1 Å². The summed E-state index contributed by atoms with van der Waals surface area (Å²) < 4.78 is 13.3. The number of ether oxygens (including phenoxy) is 2. The lowest BCUT2D eigenvalue weighted by molar-refractivity contribution is -0.118. The number of benzene rings is 2. The fourth-order valence-electron chi connectivity index (χ4n) is 2.84. The van der Waals surface area contributed by atoms with Crippen molar-refractivity contribution in [1.82, 2.24) is 0 Å². The Morgan fingerprint density at radius 3 is 2.64 bits per heavy atom. The van der Waals surface area contributed by atoms with Gasteiger partial charge in [-0.3, -0.25) is 4.79 Å². The van der Waals surface area contributed by atoms with Gasteiger partial charge in [0, 0.05) is 20.9 Å². The van der Waals surface area contributed by atoms with Crippen molar-refractivity contribution < 1.29 is 14.3 Å². The number of carbonyl (C=O) groups excluding carboxylic acids is 1. The maximum atomic E-state index is 12.3. The summed E-state index contributed by atoms with van der Waals surface area (Å²) in [4.78, 5) is 12.3. The highest BCUT2D eigenvalue weighted by atomic mass is 79.9. The van der Waals surface area contributed by atoms with Gasteiger partial charge in [-0.05, 0) is 76.4 Å². The molecule has 1 amide bonds. The van der Waals surface area contributed by atoms with Crippen molar-refractivity contribution in [3.8, 4) is 11.5 Å². The third kappa shape index (κ3) is 4.18. The lowest BCUT2D eigenvalue weighted by Gasteiger charge is -2.18. The van der Waals surface area contributed by atoms with Crippen LogP contribution in [0.15, 0.2) is 39.3 Å². The molecule has 1 aliphatic heterocycles. The standard InChI is InChI=1S/C19H19Br2NO3/c1-11-7-13(20)17(14(21)8-11)22-16(23)10-24-15-6-4-5-12-9-19(2,3)25-18(12)15/h4-8H,9-10H2,1-3H3,(H,22,23). The molecule has 0 bridgehead atoms. The first-order valence-corrected chi connectivity index (χ1v) is 9.53. The third-order valence-electron chi connectivity index (χ3n) is 3.86. The van der Waals surface area contributed by atoms with Crippen LogP contribution in [-0.2, 0) is 11.2 Å². The molecule has 132 valence electrons. The molecule has 2 aromatic carbocycles. The Bertz CT molecular complexity index is 810. The van der Waals surface area contributed by atoms with Gasteiger partial charge in [-0.15, -0.1) is 0 Å². The molecule has 6 heteroatoms. The van der Waals surface area contributed by atoms with Crippen LogP contribution in [0.1, 0.15) is 25.0 Å². The Morgan fingerprint density at radius 2 is 1.96 bits per heavy atom. The smallest absolute Gasteiger partial charge is 0.262 e. The highest BCUT2D eigenvalue weighted by Gasteiger charge is 2.32. The highest BCUT2D eigenvalue weighted by Crippen LogP contribution is 2.41. The van der Waals surface area contributed by atoms with E-state index in [0.29, 0.717) is 11.4 Å². The lowest BCUT2D eigenvalue weighted by Crippen LogP contribution is -2.25. The number of nitrogens with one attached hydrogen (secondary N) is 1. The van der Waals surface area contributed by atoms with E-state index in [0.717, 1.165) is 32.2 Å². The van der Waals surface area contributed by atoms with Gasteiger partial charge in [-0.2, -0.15) is 0 Å². The van der Waals surface area contributed by atoms with Crippen LogP contribution in [0.25, 0.3) is 0 Å². The van der Waals surface area contributed by atoms with Crippen LogP contribution in [0.4, 0.5) is 5.69 Å². The number of hydrogen-bond donors (Lipinski definition) is 1. The van der Waals surface area contributed by atoms with Crippen molar-refractivity contribution >= 4 is 43.5 Å². The molecule has 0 saturated heterocycles. The predicted molar refractivity (Wildman–Crippen MR) is 106 cm³/mol. The summed E-state index contributed by atoms with van der Waals surface area (Å²) >= 11 is 6.94. The maximum Gasteiger partial charge on any atom is 0.262 e. The van der Waals surface area contributed by atoms with Crippen molar-refractivity contribution in [3.63, 3.8) is 0 Å². The molecule has 0 unspecified atom stereocenters. The minimum absolute atomic E-state index is 0.0903. The average molecular weight is 469 g/mol. The Balaban J connectivity index is 1.68. The van der Waals surface area contributed by atoms with E-state index < -0.39 is 0 Å². The van der Waals surface area contributed by atoms with Crippen molar-refractivity contribution in [2.24, 2.45) is 0 Å². The number of anilines is 1. The molecule has 1 aliphatic rings. The van der Waals surface area contributed by atoms with E-state index in [9.17, 15) is 4.79 Å². The molecule has 4 nitrogen and oxygen atoms in total. The molecule has 0 radical (unpaired) electrons. The number of hydrogen-bond acceptors (Lipinski definition) is 3. The summed E-state index contributed by atoms with van der Waals surface area (Å²) in [6.45, 7) is 5.97. The number of carbonyl (C=O) groups is 1. The first kappa shape index (κ1) is 18.3. The van der Waals surface area contributed by atoms with Crippen molar-refractivity contribution in [3.05, 3.63) is 50.4 Å². The second kappa shape index (κ2) is 7.00. The molecule has 0 atom stereocenters. The second-order valence-electron chi connectivity index (χ2n) is 6.72.